The SMILES string of the molecule is O=C(O)[C@H]1CC(=O)N(c2cccc(-c3nc4ccccc4s3)c2)C1. The van der Waals surface area contributed by atoms with Crippen LogP contribution in [0, 0.1) is 5.92 Å². The average Bonchev–Trinajstić information content (AvgIpc) is 3.18. The predicted octanol–water partition coefficient (Wildman–Crippen LogP) is 3.40. The molecule has 2 aromatic carbocycles. The second kappa shape index (κ2) is 5.72. The predicted molar refractivity (Wildman–Crippen MR) is 93.2 cm³/mol. The zero-order chi connectivity index (χ0) is 16.7. The summed E-state index contributed by atoms with van der Waals surface area (Å²) in [6.45, 7) is 0.220. The molecule has 120 valence electrons. The summed E-state index contributed by atoms with van der Waals surface area (Å²) in [7, 11) is 0. The number of thiazole rings is 1. The van der Waals surface area contributed by atoms with Gasteiger partial charge in [-0.1, -0.05) is 24.3 Å². The van der Waals surface area contributed by atoms with Crippen LogP contribution in [-0.4, -0.2) is 28.5 Å². The Balaban J connectivity index is 1.69. The molecule has 2 heterocycles. The quantitative estimate of drug-likeness (QED) is 0.794. The molecule has 0 unspecified atom stereocenters. The van der Waals surface area contributed by atoms with Gasteiger partial charge in [0.2, 0.25) is 5.91 Å². The van der Waals surface area contributed by atoms with E-state index in [2.05, 4.69) is 4.98 Å². The highest BCUT2D eigenvalue weighted by molar-refractivity contribution is 7.21. The minimum Gasteiger partial charge on any atom is -0.481 e. The number of carbonyl (C=O) groups excluding carboxylic acids is 1. The lowest BCUT2D eigenvalue weighted by Gasteiger charge is -2.16. The van der Waals surface area contributed by atoms with Crippen LogP contribution in [0.3, 0.4) is 0 Å². The van der Waals surface area contributed by atoms with E-state index in [4.69, 9.17) is 5.11 Å². The van der Waals surface area contributed by atoms with Gasteiger partial charge in [0.25, 0.3) is 0 Å². The van der Waals surface area contributed by atoms with E-state index in [0.717, 1.165) is 26.5 Å². The molecule has 5 nitrogen and oxygen atoms in total. The Morgan fingerprint density at radius 3 is 2.79 bits per heavy atom. The number of aromatic nitrogens is 1. The molecule has 0 aliphatic carbocycles. The van der Waals surface area contributed by atoms with Crippen molar-refractivity contribution in [3.05, 3.63) is 48.5 Å². The fourth-order valence-electron chi connectivity index (χ4n) is 2.93. The minimum atomic E-state index is -0.923. The molecule has 3 aromatic rings. The third-order valence-corrected chi connectivity index (χ3v) is 5.26. The monoisotopic (exact) mass is 338 g/mol. The number of hydrogen-bond donors (Lipinski definition) is 1. The zero-order valence-electron chi connectivity index (χ0n) is 12.7. The number of rotatable bonds is 3. The van der Waals surface area contributed by atoms with Gasteiger partial charge in [-0.15, -0.1) is 11.3 Å². The number of nitrogens with zero attached hydrogens (tertiary/aromatic N) is 2. The van der Waals surface area contributed by atoms with Crippen LogP contribution in [0.15, 0.2) is 48.5 Å². The Labute approximate surface area is 142 Å². The van der Waals surface area contributed by atoms with Gasteiger partial charge >= 0.3 is 5.97 Å². The summed E-state index contributed by atoms with van der Waals surface area (Å²) < 4.78 is 1.11. The highest BCUT2D eigenvalue weighted by atomic mass is 32.1. The van der Waals surface area contributed by atoms with Crippen LogP contribution in [0.4, 0.5) is 5.69 Å². The van der Waals surface area contributed by atoms with Crippen LogP contribution in [0.25, 0.3) is 20.8 Å². The number of benzene rings is 2. The van der Waals surface area contributed by atoms with E-state index in [9.17, 15) is 9.59 Å². The van der Waals surface area contributed by atoms with Gasteiger partial charge in [-0.2, -0.15) is 0 Å². The topological polar surface area (TPSA) is 70.5 Å². The summed E-state index contributed by atoms with van der Waals surface area (Å²) in [4.78, 5) is 29.4. The number of amides is 1. The molecule has 1 amide bonds. The summed E-state index contributed by atoms with van der Waals surface area (Å²) in [6.07, 6.45) is 0.0562. The molecule has 0 bridgehead atoms. The van der Waals surface area contributed by atoms with Gasteiger partial charge in [0.15, 0.2) is 0 Å². The molecule has 1 N–H and O–H groups in total. The largest absolute Gasteiger partial charge is 0.481 e. The first-order valence-corrected chi connectivity index (χ1v) is 8.42. The zero-order valence-corrected chi connectivity index (χ0v) is 13.5. The molecule has 1 saturated heterocycles. The molecular weight excluding hydrogens is 324 g/mol. The molecule has 1 atom stereocenters. The number of carbonyl (C=O) groups is 2. The van der Waals surface area contributed by atoms with E-state index in [-0.39, 0.29) is 18.9 Å². The minimum absolute atomic E-state index is 0.0562. The summed E-state index contributed by atoms with van der Waals surface area (Å²) in [6, 6.07) is 15.5. The third-order valence-electron chi connectivity index (χ3n) is 4.17. The van der Waals surface area contributed by atoms with E-state index in [1.807, 2.05) is 48.5 Å². The number of aliphatic carboxylic acids is 1. The fourth-order valence-corrected chi connectivity index (χ4v) is 3.89. The van der Waals surface area contributed by atoms with E-state index < -0.39 is 11.9 Å². The van der Waals surface area contributed by atoms with Crippen LogP contribution < -0.4 is 4.90 Å². The average molecular weight is 338 g/mol. The van der Waals surface area contributed by atoms with Crippen LogP contribution in [0.5, 0.6) is 0 Å². The summed E-state index contributed by atoms with van der Waals surface area (Å²) in [5.41, 5.74) is 2.60. The van der Waals surface area contributed by atoms with Crippen LogP contribution in [0.1, 0.15) is 6.42 Å². The Morgan fingerprint density at radius 1 is 1.21 bits per heavy atom. The standard InChI is InChI=1S/C18H14N2O3S/c21-16-9-12(18(22)23)10-20(16)13-5-3-4-11(8-13)17-19-14-6-1-2-7-15(14)24-17/h1-8,12H,9-10H2,(H,22,23)/t12-/m0/s1. The first-order chi connectivity index (χ1) is 11.6. The highest BCUT2D eigenvalue weighted by Crippen LogP contribution is 2.33. The lowest BCUT2D eigenvalue weighted by Crippen LogP contribution is -2.25. The van der Waals surface area contributed by atoms with Crippen molar-refractivity contribution in [2.45, 2.75) is 6.42 Å². The van der Waals surface area contributed by atoms with Gasteiger partial charge in [-0.25, -0.2) is 4.98 Å². The lowest BCUT2D eigenvalue weighted by atomic mass is 10.1. The number of fused-ring (bicyclic) bond motifs is 1. The van der Waals surface area contributed by atoms with E-state index in [0.29, 0.717) is 0 Å². The number of para-hydroxylation sites is 1. The van der Waals surface area contributed by atoms with Crippen LogP contribution in [-0.2, 0) is 9.59 Å². The number of carboxylic acids is 1. The molecule has 1 aliphatic rings. The Bertz CT molecular complexity index is 917. The first kappa shape index (κ1) is 14.8. The molecule has 1 aliphatic heterocycles. The molecule has 24 heavy (non-hydrogen) atoms. The number of anilines is 1. The van der Waals surface area contributed by atoms with Gasteiger partial charge in [-0.3, -0.25) is 9.59 Å². The molecule has 6 heteroatoms. The van der Waals surface area contributed by atoms with E-state index in [1.165, 1.54) is 0 Å². The maximum absolute atomic E-state index is 12.1. The van der Waals surface area contributed by atoms with Crippen molar-refractivity contribution in [3.63, 3.8) is 0 Å². The van der Waals surface area contributed by atoms with E-state index >= 15 is 0 Å². The van der Waals surface area contributed by atoms with Gasteiger partial charge < -0.3 is 10.0 Å². The summed E-state index contributed by atoms with van der Waals surface area (Å²) in [5.74, 6) is -1.71. The summed E-state index contributed by atoms with van der Waals surface area (Å²) >= 11 is 1.60. The lowest BCUT2D eigenvalue weighted by molar-refractivity contribution is -0.141. The Kier molecular flexibility index (Phi) is 3.54. The van der Waals surface area contributed by atoms with Crippen molar-refractivity contribution in [1.29, 1.82) is 0 Å². The molecule has 1 aromatic heterocycles. The van der Waals surface area contributed by atoms with Crippen molar-refractivity contribution in [3.8, 4) is 10.6 Å². The second-order valence-corrected chi connectivity index (χ2v) is 6.81. The normalized spacial score (nSPS) is 17.6. The number of hydrogen-bond acceptors (Lipinski definition) is 4. The van der Waals surface area contributed by atoms with Crippen LogP contribution in [0.2, 0.25) is 0 Å². The molecular formula is C18H14N2O3S. The van der Waals surface area contributed by atoms with Crippen molar-refractivity contribution in [1.82, 2.24) is 4.98 Å². The van der Waals surface area contributed by atoms with Crippen molar-refractivity contribution in [2.24, 2.45) is 5.92 Å². The second-order valence-electron chi connectivity index (χ2n) is 5.78. The molecule has 1 fully saturated rings. The van der Waals surface area contributed by atoms with Gasteiger partial charge in [-0.05, 0) is 24.3 Å². The Morgan fingerprint density at radius 2 is 2.04 bits per heavy atom. The van der Waals surface area contributed by atoms with Gasteiger partial charge in [0.05, 0.1) is 16.1 Å². The molecule has 0 spiro atoms. The van der Waals surface area contributed by atoms with Crippen molar-refractivity contribution in [2.75, 3.05) is 11.4 Å². The van der Waals surface area contributed by atoms with Crippen LogP contribution >= 0.6 is 11.3 Å². The number of carboxylic acid groups (broad SMARTS) is 1. The maximum atomic E-state index is 12.1. The smallest absolute Gasteiger partial charge is 0.308 e. The molecule has 4 rings (SSSR count). The fraction of sp³-hybridized carbons (Fsp3) is 0.167. The third kappa shape index (κ3) is 2.55. The van der Waals surface area contributed by atoms with Crippen molar-refractivity contribution >= 4 is 39.1 Å². The van der Waals surface area contributed by atoms with E-state index in [1.54, 1.807) is 16.2 Å². The van der Waals surface area contributed by atoms with Crippen molar-refractivity contribution < 1.29 is 14.7 Å². The Hall–Kier alpha value is -2.73. The maximum Gasteiger partial charge on any atom is 0.308 e. The van der Waals surface area contributed by atoms with Gasteiger partial charge in [0.1, 0.15) is 5.01 Å². The van der Waals surface area contributed by atoms with Gasteiger partial charge in [0, 0.05) is 24.2 Å². The highest BCUT2D eigenvalue weighted by Gasteiger charge is 2.35. The molecule has 0 saturated carbocycles. The summed E-state index contributed by atoms with van der Waals surface area (Å²) in [5, 5.41) is 10.0. The molecule has 0 radical (unpaired) electrons. The first-order valence-electron chi connectivity index (χ1n) is 7.61.